The molecule has 1 heterocycles. The summed E-state index contributed by atoms with van der Waals surface area (Å²) in [6, 6.07) is 5.11. The summed E-state index contributed by atoms with van der Waals surface area (Å²) in [5.74, 6) is 0.785. The largest absolute Gasteiger partial charge is 0.434 e. The molecular weight excluding hydrogens is 364 g/mol. The molecule has 2 aromatic rings. The fourth-order valence-corrected chi connectivity index (χ4v) is 3.03. The molecule has 154 valence electrons. The van der Waals surface area contributed by atoms with E-state index in [0.717, 1.165) is 23.4 Å². The van der Waals surface area contributed by atoms with Gasteiger partial charge in [-0.05, 0) is 45.7 Å². The highest BCUT2D eigenvalue weighted by Crippen LogP contribution is 2.23. The molecular formula is C20H29F2N5O. The predicted octanol–water partition coefficient (Wildman–Crippen LogP) is 3.24. The Hall–Kier alpha value is -2.64. The van der Waals surface area contributed by atoms with Crippen molar-refractivity contribution in [2.75, 3.05) is 13.1 Å². The standard InChI is InChI=1S/C20H29F2N5O/c1-6-23-20(24-10-9-17-14(3)26-27(5)15(17)4)25-12-16-11-13(2)7-8-18(16)28-19(21)22/h7-8,11,19H,6,9-10,12H2,1-5H3,(H2,23,24,25). The van der Waals surface area contributed by atoms with E-state index in [9.17, 15) is 8.78 Å². The number of aromatic nitrogens is 2. The molecule has 0 atom stereocenters. The highest BCUT2D eigenvalue weighted by molar-refractivity contribution is 5.79. The fourth-order valence-electron chi connectivity index (χ4n) is 3.03. The van der Waals surface area contributed by atoms with Gasteiger partial charge in [0.15, 0.2) is 5.96 Å². The van der Waals surface area contributed by atoms with E-state index in [-0.39, 0.29) is 12.3 Å². The van der Waals surface area contributed by atoms with E-state index in [1.54, 1.807) is 12.1 Å². The summed E-state index contributed by atoms with van der Waals surface area (Å²) in [5.41, 5.74) is 4.98. The number of hydrogen-bond acceptors (Lipinski definition) is 3. The zero-order chi connectivity index (χ0) is 20.7. The lowest BCUT2D eigenvalue weighted by Gasteiger charge is -2.13. The van der Waals surface area contributed by atoms with Gasteiger partial charge >= 0.3 is 6.61 Å². The molecule has 0 aliphatic rings. The zero-order valence-electron chi connectivity index (χ0n) is 17.1. The summed E-state index contributed by atoms with van der Waals surface area (Å²) < 4.78 is 31.7. The first-order valence-electron chi connectivity index (χ1n) is 9.37. The van der Waals surface area contributed by atoms with Crippen molar-refractivity contribution in [2.24, 2.45) is 12.0 Å². The van der Waals surface area contributed by atoms with Crippen molar-refractivity contribution in [2.45, 2.75) is 47.3 Å². The van der Waals surface area contributed by atoms with Crippen LogP contribution >= 0.6 is 0 Å². The summed E-state index contributed by atoms with van der Waals surface area (Å²) in [6.45, 7) is 6.71. The summed E-state index contributed by atoms with van der Waals surface area (Å²) in [4.78, 5) is 4.52. The average Bonchev–Trinajstić information content (AvgIpc) is 2.87. The Morgan fingerprint density at radius 2 is 2.00 bits per heavy atom. The van der Waals surface area contributed by atoms with Crippen LogP contribution in [0.25, 0.3) is 0 Å². The van der Waals surface area contributed by atoms with Crippen molar-refractivity contribution in [3.8, 4) is 5.75 Å². The van der Waals surface area contributed by atoms with Crippen LogP contribution in [-0.4, -0.2) is 35.4 Å². The Kier molecular flexibility index (Phi) is 7.78. The lowest BCUT2D eigenvalue weighted by molar-refractivity contribution is -0.0504. The molecule has 0 aliphatic carbocycles. The third-order valence-electron chi connectivity index (χ3n) is 4.51. The number of hydrogen-bond donors (Lipinski definition) is 2. The third kappa shape index (κ3) is 5.94. The Morgan fingerprint density at radius 1 is 1.25 bits per heavy atom. The maximum atomic E-state index is 12.6. The number of aryl methyl sites for hydroxylation is 3. The molecule has 0 saturated heterocycles. The molecule has 0 fully saturated rings. The number of rotatable bonds is 8. The van der Waals surface area contributed by atoms with E-state index in [1.807, 2.05) is 38.6 Å². The highest BCUT2D eigenvalue weighted by atomic mass is 19.3. The molecule has 2 N–H and O–H groups in total. The van der Waals surface area contributed by atoms with E-state index in [0.29, 0.717) is 24.6 Å². The quantitative estimate of drug-likeness (QED) is 0.534. The van der Waals surface area contributed by atoms with Gasteiger partial charge < -0.3 is 15.4 Å². The van der Waals surface area contributed by atoms with Gasteiger partial charge in [-0.25, -0.2) is 4.99 Å². The van der Waals surface area contributed by atoms with E-state index in [4.69, 9.17) is 0 Å². The number of aliphatic imine (C=N–C) groups is 1. The van der Waals surface area contributed by atoms with Crippen molar-refractivity contribution in [3.63, 3.8) is 0 Å². The van der Waals surface area contributed by atoms with E-state index in [1.165, 1.54) is 5.56 Å². The lowest BCUT2D eigenvalue weighted by Crippen LogP contribution is -2.38. The first kappa shape index (κ1) is 21.7. The number of halogens is 2. The van der Waals surface area contributed by atoms with Crippen LogP contribution in [0.15, 0.2) is 23.2 Å². The smallest absolute Gasteiger partial charge is 0.387 e. The van der Waals surface area contributed by atoms with Gasteiger partial charge in [0, 0.05) is 31.4 Å². The number of nitrogens with one attached hydrogen (secondary N) is 2. The molecule has 1 aromatic heterocycles. The molecule has 8 heteroatoms. The summed E-state index contributed by atoms with van der Waals surface area (Å²) in [5, 5.41) is 10.9. The van der Waals surface area contributed by atoms with Crippen molar-refractivity contribution in [1.82, 2.24) is 20.4 Å². The molecule has 0 amide bonds. The normalized spacial score (nSPS) is 11.8. The average molecular weight is 393 g/mol. The van der Waals surface area contributed by atoms with Crippen LogP contribution in [-0.2, 0) is 20.0 Å². The number of ether oxygens (including phenoxy) is 1. The van der Waals surface area contributed by atoms with Gasteiger partial charge in [0.2, 0.25) is 0 Å². The zero-order valence-corrected chi connectivity index (χ0v) is 17.1. The van der Waals surface area contributed by atoms with Crippen LogP contribution in [0.4, 0.5) is 8.78 Å². The van der Waals surface area contributed by atoms with Gasteiger partial charge in [-0.1, -0.05) is 17.7 Å². The molecule has 1 aromatic carbocycles. The van der Waals surface area contributed by atoms with Gasteiger partial charge in [0.1, 0.15) is 5.75 Å². The first-order valence-corrected chi connectivity index (χ1v) is 9.37. The molecule has 6 nitrogen and oxygen atoms in total. The maximum absolute atomic E-state index is 12.6. The Bertz CT molecular complexity index is 817. The van der Waals surface area contributed by atoms with Crippen LogP contribution in [0.3, 0.4) is 0 Å². The van der Waals surface area contributed by atoms with E-state index >= 15 is 0 Å². The van der Waals surface area contributed by atoms with Crippen LogP contribution in [0.1, 0.15) is 35.0 Å². The Labute approximate surface area is 165 Å². The number of nitrogens with zero attached hydrogens (tertiary/aromatic N) is 3. The topological polar surface area (TPSA) is 63.5 Å². The van der Waals surface area contributed by atoms with Crippen LogP contribution in [0.2, 0.25) is 0 Å². The number of benzene rings is 1. The summed E-state index contributed by atoms with van der Waals surface area (Å²) in [7, 11) is 1.94. The van der Waals surface area contributed by atoms with Crippen molar-refractivity contribution in [3.05, 3.63) is 46.3 Å². The first-order chi connectivity index (χ1) is 13.3. The second kappa shape index (κ2) is 10.1. The predicted molar refractivity (Wildman–Crippen MR) is 107 cm³/mol. The number of guanidine groups is 1. The van der Waals surface area contributed by atoms with Gasteiger partial charge in [-0.3, -0.25) is 4.68 Å². The molecule has 0 spiro atoms. The van der Waals surface area contributed by atoms with E-state index < -0.39 is 6.61 Å². The second-order valence-electron chi connectivity index (χ2n) is 6.63. The third-order valence-corrected chi connectivity index (χ3v) is 4.51. The maximum Gasteiger partial charge on any atom is 0.387 e. The summed E-state index contributed by atoms with van der Waals surface area (Å²) >= 11 is 0. The van der Waals surface area contributed by atoms with Crippen molar-refractivity contribution >= 4 is 5.96 Å². The molecule has 0 aliphatic heterocycles. The monoisotopic (exact) mass is 393 g/mol. The Balaban J connectivity index is 2.05. The van der Waals surface area contributed by atoms with E-state index in [2.05, 4.69) is 32.4 Å². The minimum atomic E-state index is -2.86. The van der Waals surface area contributed by atoms with Crippen LogP contribution in [0.5, 0.6) is 5.75 Å². The SMILES string of the molecule is CCNC(=NCc1cc(C)ccc1OC(F)F)NCCc1c(C)nn(C)c1C. The van der Waals surface area contributed by atoms with Crippen LogP contribution in [0, 0.1) is 20.8 Å². The lowest BCUT2D eigenvalue weighted by atomic mass is 10.1. The Morgan fingerprint density at radius 3 is 2.61 bits per heavy atom. The summed E-state index contributed by atoms with van der Waals surface area (Å²) in [6.07, 6.45) is 0.820. The molecule has 0 saturated carbocycles. The van der Waals surface area contributed by atoms with Gasteiger partial charge in [-0.2, -0.15) is 13.9 Å². The fraction of sp³-hybridized carbons (Fsp3) is 0.500. The molecule has 28 heavy (non-hydrogen) atoms. The van der Waals surface area contributed by atoms with Crippen molar-refractivity contribution < 1.29 is 13.5 Å². The molecule has 0 bridgehead atoms. The molecule has 0 unspecified atom stereocenters. The van der Waals surface area contributed by atoms with Gasteiger partial charge in [-0.15, -0.1) is 0 Å². The highest BCUT2D eigenvalue weighted by Gasteiger charge is 2.11. The van der Waals surface area contributed by atoms with Gasteiger partial charge in [0.05, 0.1) is 12.2 Å². The second-order valence-corrected chi connectivity index (χ2v) is 6.63. The van der Waals surface area contributed by atoms with Crippen molar-refractivity contribution in [1.29, 1.82) is 0 Å². The minimum absolute atomic E-state index is 0.154. The number of alkyl halides is 2. The van der Waals surface area contributed by atoms with Crippen LogP contribution < -0.4 is 15.4 Å². The minimum Gasteiger partial charge on any atom is -0.434 e. The van der Waals surface area contributed by atoms with Gasteiger partial charge in [0.25, 0.3) is 0 Å². The molecule has 2 rings (SSSR count). The molecule has 0 radical (unpaired) electrons.